The standard InChI is InChI=1S/C24H21N9OS/c1-34-19-9-7-18(8-10-19)33-21(16-11-13-26-14-12-16)31-32-24(33)35-15-20-28-22(25)30-23(29-20)27-17-5-3-2-4-6-17/h2-14H,15H2,1H3,(H3,25,27,28,29,30). The highest BCUT2D eigenvalue weighted by molar-refractivity contribution is 7.98. The Morgan fingerprint density at radius 2 is 1.69 bits per heavy atom. The van der Waals surface area contributed by atoms with Gasteiger partial charge in [-0.2, -0.15) is 15.0 Å². The first-order valence-corrected chi connectivity index (χ1v) is 11.6. The highest BCUT2D eigenvalue weighted by atomic mass is 32.2. The van der Waals surface area contributed by atoms with Crippen molar-refractivity contribution in [2.75, 3.05) is 18.2 Å². The summed E-state index contributed by atoms with van der Waals surface area (Å²) in [4.78, 5) is 17.1. The molecule has 5 aromatic rings. The molecule has 0 unspecified atom stereocenters. The number of benzene rings is 2. The van der Waals surface area contributed by atoms with Gasteiger partial charge in [-0.05, 0) is 48.5 Å². The number of nitrogens with two attached hydrogens (primary N) is 1. The Kier molecular flexibility index (Phi) is 6.48. The minimum atomic E-state index is 0.142. The van der Waals surface area contributed by atoms with Crippen LogP contribution in [0.1, 0.15) is 5.82 Å². The molecule has 3 aromatic heterocycles. The van der Waals surface area contributed by atoms with E-state index in [1.165, 1.54) is 11.8 Å². The van der Waals surface area contributed by atoms with Crippen LogP contribution in [0.15, 0.2) is 84.3 Å². The molecular weight excluding hydrogens is 462 g/mol. The number of para-hydroxylation sites is 1. The second-order valence-electron chi connectivity index (χ2n) is 7.29. The van der Waals surface area contributed by atoms with E-state index in [1.54, 1.807) is 19.5 Å². The van der Waals surface area contributed by atoms with Gasteiger partial charge >= 0.3 is 0 Å². The molecule has 11 heteroatoms. The molecule has 10 nitrogen and oxygen atoms in total. The average Bonchev–Trinajstić information content (AvgIpc) is 3.32. The van der Waals surface area contributed by atoms with E-state index in [1.807, 2.05) is 71.3 Å². The van der Waals surface area contributed by atoms with E-state index in [0.717, 1.165) is 22.7 Å². The second-order valence-corrected chi connectivity index (χ2v) is 8.23. The zero-order valence-corrected chi connectivity index (χ0v) is 19.6. The average molecular weight is 484 g/mol. The van der Waals surface area contributed by atoms with E-state index in [2.05, 4.69) is 35.5 Å². The molecule has 0 saturated carbocycles. The van der Waals surface area contributed by atoms with Gasteiger partial charge in [0, 0.05) is 29.3 Å². The SMILES string of the molecule is COc1ccc(-n2c(SCc3nc(N)nc(Nc4ccccc4)n3)nnc2-c2ccncc2)cc1. The summed E-state index contributed by atoms with van der Waals surface area (Å²) in [5.74, 6) is 2.93. The van der Waals surface area contributed by atoms with Gasteiger partial charge in [0.25, 0.3) is 0 Å². The number of pyridine rings is 1. The maximum Gasteiger partial charge on any atom is 0.232 e. The predicted molar refractivity (Wildman–Crippen MR) is 135 cm³/mol. The van der Waals surface area contributed by atoms with Crippen molar-refractivity contribution in [3.05, 3.63) is 84.9 Å². The number of nitrogen functional groups attached to an aromatic ring is 1. The van der Waals surface area contributed by atoms with Crippen molar-refractivity contribution in [2.45, 2.75) is 10.9 Å². The summed E-state index contributed by atoms with van der Waals surface area (Å²) in [6.45, 7) is 0. The number of hydrogen-bond acceptors (Lipinski definition) is 10. The molecule has 0 amide bonds. The van der Waals surface area contributed by atoms with Crippen LogP contribution >= 0.6 is 11.8 Å². The van der Waals surface area contributed by atoms with Crippen LogP contribution in [0.25, 0.3) is 17.1 Å². The van der Waals surface area contributed by atoms with Crippen molar-refractivity contribution in [1.29, 1.82) is 0 Å². The van der Waals surface area contributed by atoms with Crippen molar-refractivity contribution < 1.29 is 4.74 Å². The number of aromatic nitrogens is 7. The van der Waals surface area contributed by atoms with Crippen LogP contribution in [0, 0.1) is 0 Å². The fraction of sp³-hybridized carbons (Fsp3) is 0.0833. The molecule has 0 aliphatic heterocycles. The largest absolute Gasteiger partial charge is 0.497 e. The van der Waals surface area contributed by atoms with E-state index in [-0.39, 0.29) is 5.95 Å². The third-order valence-corrected chi connectivity index (χ3v) is 5.89. The summed E-state index contributed by atoms with van der Waals surface area (Å²) in [5.41, 5.74) is 8.60. The molecule has 35 heavy (non-hydrogen) atoms. The Morgan fingerprint density at radius 3 is 2.43 bits per heavy atom. The summed E-state index contributed by atoms with van der Waals surface area (Å²) in [5, 5.41) is 12.7. The molecule has 3 N–H and O–H groups in total. The molecule has 3 heterocycles. The second kappa shape index (κ2) is 10.2. The molecule has 0 atom stereocenters. The summed E-state index contributed by atoms with van der Waals surface area (Å²) < 4.78 is 7.29. The van der Waals surface area contributed by atoms with E-state index in [0.29, 0.717) is 28.5 Å². The fourth-order valence-corrected chi connectivity index (χ4v) is 4.16. The van der Waals surface area contributed by atoms with Gasteiger partial charge < -0.3 is 15.8 Å². The Balaban J connectivity index is 1.44. The molecule has 0 radical (unpaired) electrons. The number of ether oxygens (including phenoxy) is 1. The Morgan fingerprint density at radius 1 is 0.914 bits per heavy atom. The number of thioether (sulfide) groups is 1. The van der Waals surface area contributed by atoms with Crippen molar-refractivity contribution in [1.82, 2.24) is 34.7 Å². The Hall–Kier alpha value is -4.51. The van der Waals surface area contributed by atoms with Gasteiger partial charge in [-0.15, -0.1) is 10.2 Å². The van der Waals surface area contributed by atoms with Crippen LogP contribution in [0.2, 0.25) is 0 Å². The molecular formula is C24H21N9OS. The van der Waals surface area contributed by atoms with Gasteiger partial charge in [0.1, 0.15) is 11.6 Å². The van der Waals surface area contributed by atoms with Gasteiger partial charge in [-0.25, -0.2) is 0 Å². The molecule has 0 aliphatic carbocycles. The highest BCUT2D eigenvalue weighted by Gasteiger charge is 2.17. The highest BCUT2D eigenvalue weighted by Crippen LogP contribution is 2.30. The van der Waals surface area contributed by atoms with E-state index in [4.69, 9.17) is 10.5 Å². The third kappa shape index (κ3) is 5.20. The third-order valence-electron chi connectivity index (χ3n) is 4.96. The Bertz CT molecular complexity index is 1410. The van der Waals surface area contributed by atoms with Crippen LogP contribution < -0.4 is 15.8 Å². The fourth-order valence-electron chi connectivity index (χ4n) is 3.35. The molecule has 174 valence electrons. The minimum Gasteiger partial charge on any atom is -0.497 e. The number of methoxy groups -OCH3 is 1. The van der Waals surface area contributed by atoms with Crippen LogP contribution in [0.3, 0.4) is 0 Å². The van der Waals surface area contributed by atoms with Crippen molar-refractivity contribution in [3.8, 4) is 22.8 Å². The van der Waals surface area contributed by atoms with E-state index >= 15 is 0 Å². The molecule has 2 aromatic carbocycles. The number of nitrogens with one attached hydrogen (secondary N) is 1. The first-order chi connectivity index (χ1) is 17.2. The monoisotopic (exact) mass is 483 g/mol. The van der Waals surface area contributed by atoms with Gasteiger partial charge in [0.15, 0.2) is 11.0 Å². The topological polar surface area (TPSA) is 130 Å². The lowest BCUT2D eigenvalue weighted by Crippen LogP contribution is -2.07. The van der Waals surface area contributed by atoms with Gasteiger partial charge in [0.05, 0.1) is 12.9 Å². The summed E-state index contributed by atoms with van der Waals surface area (Å²) in [7, 11) is 1.64. The summed E-state index contributed by atoms with van der Waals surface area (Å²) >= 11 is 1.45. The number of nitrogens with zero attached hydrogens (tertiary/aromatic N) is 7. The molecule has 0 bridgehead atoms. The quantitative estimate of drug-likeness (QED) is 0.311. The lowest BCUT2D eigenvalue weighted by atomic mass is 10.2. The lowest BCUT2D eigenvalue weighted by molar-refractivity contribution is 0.414. The number of hydrogen-bond donors (Lipinski definition) is 2. The predicted octanol–water partition coefficient (Wildman–Crippen LogP) is 4.14. The lowest BCUT2D eigenvalue weighted by Gasteiger charge is -2.11. The molecule has 0 fully saturated rings. The van der Waals surface area contributed by atoms with Crippen molar-refractivity contribution in [3.63, 3.8) is 0 Å². The van der Waals surface area contributed by atoms with E-state index < -0.39 is 0 Å². The molecule has 5 rings (SSSR count). The van der Waals surface area contributed by atoms with Gasteiger partial charge in [-0.1, -0.05) is 30.0 Å². The maximum absolute atomic E-state index is 5.95. The first kappa shape index (κ1) is 22.3. The van der Waals surface area contributed by atoms with Crippen molar-refractivity contribution >= 4 is 29.3 Å². The summed E-state index contributed by atoms with van der Waals surface area (Å²) in [6, 6.07) is 21.1. The van der Waals surface area contributed by atoms with Crippen LogP contribution in [0.5, 0.6) is 5.75 Å². The molecule has 0 spiro atoms. The van der Waals surface area contributed by atoms with Crippen molar-refractivity contribution in [2.24, 2.45) is 0 Å². The van der Waals surface area contributed by atoms with Gasteiger partial charge in [-0.3, -0.25) is 9.55 Å². The Labute approximate surface area is 205 Å². The van der Waals surface area contributed by atoms with Gasteiger partial charge in [0.2, 0.25) is 11.9 Å². The normalized spacial score (nSPS) is 10.8. The number of anilines is 3. The van der Waals surface area contributed by atoms with Crippen LogP contribution in [-0.4, -0.2) is 41.8 Å². The zero-order valence-electron chi connectivity index (χ0n) is 18.7. The first-order valence-electron chi connectivity index (χ1n) is 10.6. The summed E-state index contributed by atoms with van der Waals surface area (Å²) in [6.07, 6.45) is 3.45. The smallest absolute Gasteiger partial charge is 0.232 e. The molecule has 0 saturated heterocycles. The number of rotatable bonds is 8. The van der Waals surface area contributed by atoms with E-state index in [9.17, 15) is 0 Å². The molecule has 0 aliphatic rings. The van der Waals surface area contributed by atoms with Crippen LogP contribution in [0.4, 0.5) is 17.6 Å². The zero-order chi connectivity index (χ0) is 24.0. The van der Waals surface area contributed by atoms with Crippen LogP contribution in [-0.2, 0) is 5.75 Å². The maximum atomic E-state index is 5.95. The minimum absolute atomic E-state index is 0.142.